The van der Waals surface area contributed by atoms with Gasteiger partial charge in [-0.15, -0.1) is 13.0 Å². The monoisotopic (exact) mass is 191 g/mol. The summed E-state index contributed by atoms with van der Waals surface area (Å²) in [5.74, 6) is 3.40. The molecule has 0 saturated heterocycles. The van der Waals surface area contributed by atoms with Crippen molar-refractivity contribution in [2.45, 2.75) is 25.7 Å². The van der Waals surface area contributed by atoms with Crippen molar-refractivity contribution in [3.63, 3.8) is 0 Å². The Hall–Kier alpha value is -1.23. The lowest BCUT2D eigenvalue weighted by Gasteiger charge is -2.19. The second kappa shape index (κ2) is 5.49. The minimum atomic E-state index is 0.162. The van der Waals surface area contributed by atoms with Gasteiger partial charge in [0.25, 0.3) is 0 Å². The standard InChI is InChI=1S/C12H17NO/c1-3-5-6-12(14)13(9-4-2)10-11-7-8-11/h2-3,11H,1,5-10H2. The first-order valence-corrected chi connectivity index (χ1v) is 5.10. The quantitative estimate of drug-likeness (QED) is 0.463. The van der Waals surface area contributed by atoms with Crippen LogP contribution in [0.1, 0.15) is 25.7 Å². The Morgan fingerprint density at radius 2 is 2.36 bits per heavy atom. The van der Waals surface area contributed by atoms with Crippen molar-refractivity contribution in [2.24, 2.45) is 5.92 Å². The minimum absolute atomic E-state index is 0.162. The molecule has 0 aromatic carbocycles. The van der Waals surface area contributed by atoms with Crippen LogP contribution in [-0.4, -0.2) is 23.9 Å². The highest BCUT2D eigenvalue weighted by Gasteiger charge is 2.25. The van der Waals surface area contributed by atoms with Crippen LogP contribution >= 0.6 is 0 Å². The molecule has 0 atom stereocenters. The van der Waals surface area contributed by atoms with Crippen molar-refractivity contribution < 1.29 is 4.79 Å². The number of allylic oxidation sites excluding steroid dienone is 1. The molecule has 0 aromatic heterocycles. The number of nitrogens with zero attached hydrogens (tertiary/aromatic N) is 1. The van der Waals surface area contributed by atoms with Gasteiger partial charge in [-0.3, -0.25) is 4.79 Å². The fourth-order valence-corrected chi connectivity index (χ4v) is 1.36. The van der Waals surface area contributed by atoms with Crippen LogP contribution in [0.4, 0.5) is 0 Å². The summed E-state index contributed by atoms with van der Waals surface area (Å²) in [4.78, 5) is 13.4. The second-order valence-corrected chi connectivity index (χ2v) is 3.75. The van der Waals surface area contributed by atoms with E-state index in [9.17, 15) is 4.79 Å². The van der Waals surface area contributed by atoms with Crippen LogP contribution in [0, 0.1) is 18.3 Å². The molecule has 14 heavy (non-hydrogen) atoms. The molecule has 0 aromatic rings. The Labute approximate surface area is 86.0 Å². The summed E-state index contributed by atoms with van der Waals surface area (Å²) in [5, 5.41) is 0. The molecule has 0 bridgehead atoms. The van der Waals surface area contributed by atoms with E-state index >= 15 is 0 Å². The molecule has 1 amide bonds. The van der Waals surface area contributed by atoms with Gasteiger partial charge in [0.15, 0.2) is 0 Å². The largest absolute Gasteiger partial charge is 0.331 e. The maximum Gasteiger partial charge on any atom is 0.223 e. The zero-order chi connectivity index (χ0) is 10.4. The molecule has 76 valence electrons. The van der Waals surface area contributed by atoms with E-state index in [1.807, 2.05) is 0 Å². The van der Waals surface area contributed by atoms with Gasteiger partial charge in [0.2, 0.25) is 5.91 Å². The molecule has 1 saturated carbocycles. The van der Waals surface area contributed by atoms with Crippen molar-refractivity contribution in [3.8, 4) is 12.3 Å². The predicted molar refractivity (Wildman–Crippen MR) is 57.6 cm³/mol. The average molecular weight is 191 g/mol. The van der Waals surface area contributed by atoms with Crippen LogP contribution in [0.3, 0.4) is 0 Å². The van der Waals surface area contributed by atoms with E-state index < -0.39 is 0 Å². The van der Waals surface area contributed by atoms with Crippen LogP contribution < -0.4 is 0 Å². The molecule has 0 heterocycles. The fraction of sp³-hybridized carbons (Fsp3) is 0.583. The maximum atomic E-state index is 11.6. The molecule has 1 rings (SSSR count). The van der Waals surface area contributed by atoms with Gasteiger partial charge < -0.3 is 4.90 Å². The molecular formula is C12H17NO. The molecular weight excluding hydrogens is 174 g/mol. The highest BCUT2D eigenvalue weighted by Crippen LogP contribution is 2.29. The summed E-state index contributed by atoms with van der Waals surface area (Å²) in [7, 11) is 0. The highest BCUT2D eigenvalue weighted by molar-refractivity contribution is 5.76. The number of carbonyl (C=O) groups is 1. The Bertz CT molecular complexity index is 248. The molecule has 0 spiro atoms. The number of amides is 1. The summed E-state index contributed by atoms with van der Waals surface area (Å²) in [5.41, 5.74) is 0. The van der Waals surface area contributed by atoms with E-state index in [0.717, 1.165) is 13.0 Å². The van der Waals surface area contributed by atoms with Gasteiger partial charge in [-0.25, -0.2) is 0 Å². The molecule has 0 radical (unpaired) electrons. The number of rotatable bonds is 6. The Balaban J connectivity index is 2.34. The van der Waals surface area contributed by atoms with Gasteiger partial charge in [0.05, 0.1) is 6.54 Å². The predicted octanol–water partition coefficient (Wildman–Crippen LogP) is 1.82. The lowest BCUT2D eigenvalue weighted by molar-refractivity contribution is -0.130. The molecule has 1 aliphatic carbocycles. The second-order valence-electron chi connectivity index (χ2n) is 3.75. The van der Waals surface area contributed by atoms with Gasteiger partial charge in [-0.1, -0.05) is 12.0 Å². The van der Waals surface area contributed by atoms with Crippen LogP contribution in [0.25, 0.3) is 0 Å². The summed E-state index contributed by atoms with van der Waals surface area (Å²) in [6.45, 7) is 4.90. The number of hydrogen-bond donors (Lipinski definition) is 0. The van der Waals surface area contributed by atoms with Crippen molar-refractivity contribution >= 4 is 5.91 Å². The van der Waals surface area contributed by atoms with Crippen molar-refractivity contribution in [1.29, 1.82) is 0 Å². The highest BCUT2D eigenvalue weighted by atomic mass is 16.2. The van der Waals surface area contributed by atoms with Crippen LogP contribution in [-0.2, 0) is 4.79 Å². The van der Waals surface area contributed by atoms with E-state index in [1.54, 1.807) is 11.0 Å². The van der Waals surface area contributed by atoms with Gasteiger partial charge in [-0.2, -0.15) is 0 Å². The third-order valence-corrected chi connectivity index (χ3v) is 2.37. The SMILES string of the molecule is C#CCN(CC1CC1)C(=O)CCC=C. The zero-order valence-electron chi connectivity index (χ0n) is 8.54. The van der Waals surface area contributed by atoms with Gasteiger partial charge in [0.1, 0.15) is 0 Å². The molecule has 0 unspecified atom stereocenters. The molecule has 2 nitrogen and oxygen atoms in total. The number of carbonyl (C=O) groups excluding carboxylic acids is 1. The maximum absolute atomic E-state index is 11.6. The van der Waals surface area contributed by atoms with Gasteiger partial charge in [-0.05, 0) is 25.2 Å². The van der Waals surface area contributed by atoms with E-state index in [0.29, 0.717) is 18.9 Å². The van der Waals surface area contributed by atoms with E-state index in [2.05, 4.69) is 12.5 Å². The fourth-order valence-electron chi connectivity index (χ4n) is 1.36. The van der Waals surface area contributed by atoms with Gasteiger partial charge in [0, 0.05) is 13.0 Å². The first-order chi connectivity index (χ1) is 6.77. The molecule has 1 fully saturated rings. The lowest BCUT2D eigenvalue weighted by Crippen LogP contribution is -2.32. The summed E-state index contributed by atoms with van der Waals surface area (Å²) in [6, 6.07) is 0. The number of hydrogen-bond acceptors (Lipinski definition) is 1. The lowest BCUT2D eigenvalue weighted by atomic mass is 10.2. The summed E-state index contributed by atoms with van der Waals surface area (Å²) >= 11 is 0. The molecule has 0 N–H and O–H groups in total. The van der Waals surface area contributed by atoms with Crippen molar-refractivity contribution in [3.05, 3.63) is 12.7 Å². The van der Waals surface area contributed by atoms with E-state index in [1.165, 1.54) is 12.8 Å². The zero-order valence-corrected chi connectivity index (χ0v) is 8.54. The van der Waals surface area contributed by atoms with Gasteiger partial charge >= 0.3 is 0 Å². The van der Waals surface area contributed by atoms with Crippen LogP contribution in [0.2, 0.25) is 0 Å². The summed E-state index contributed by atoms with van der Waals surface area (Å²) in [6.07, 6.45) is 10.8. The van der Waals surface area contributed by atoms with Crippen LogP contribution in [0.15, 0.2) is 12.7 Å². The minimum Gasteiger partial charge on any atom is -0.331 e. The normalized spacial score (nSPS) is 14.5. The van der Waals surface area contributed by atoms with E-state index in [4.69, 9.17) is 6.42 Å². The Morgan fingerprint density at radius 1 is 1.64 bits per heavy atom. The first kappa shape index (κ1) is 10.8. The Kier molecular flexibility index (Phi) is 4.25. The topological polar surface area (TPSA) is 20.3 Å². The molecule has 1 aliphatic rings. The summed E-state index contributed by atoms with van der Waals surface area (Å²) < 4.78 is 0. The van der Waals surface area contributed by atoms with E-state index in [-0.39, 0.29) is 5.91 Å². The smallest absolute Gasteiger partial charge is 0.223 e. The van der Waals surface area contributed by atoms with Crippen molar-refractivity contribution in [1.82, 2.24) is 4.90 Å². The third kappa shape index (κ3) is 3.66. The third-order valence-electron chi connectivity index (χ3n) is 2.37. The average Bonchev–Trinajstić information content (AvgIpc) is 2.97. The van der Waals surface area contributed by atoms with Crippen LogP contribution in [0.5, 0.6) is 0 Å². The van der Waals surface area contributed by atoms with Crippen molar-refractivity contribution in [2.75, 3.05) is 13.1 Å². The molecule has 2 heteroatoms. The Morgan fingerprint density at radius 3 is 2.86 bits per heavy atom. The molecule has 0 aliphatic heterocycles. The number of terminal acetylenes is 1. The first-order valence-electron chi connectivity index (χ1n) is 5.10.